The minimum atomic E-state index is -4.44. The van der Waals surface area contributed by atoms with Crippen LogP contribution in [0.1, 0.15) is 28.3 Å². The Morgan fingerprint density at radius 1 is 0.889 bits per heavy atom. The van der Waals surface area contributed by atoms with E-state index in [1.165, 1.54) is 17.0 Å². The molecule has 2 amide bonds. The van der Waals surface area contributed by atoms with E-state index >= 15 is 0 Å². The minimum Gasteiger partial charge on any atom is -0.307 e. The maximum absolute atomic E-state index is 13.6. The molecule has 0 spiro atoms. The smallest absolute Gasteiger partial charge is 0.307 e. The van der Waals surface area contributed by atoms with E-state index in [9.17, 15) is 27.6 Å². The molecule has 3 fully saturated rings. The van der Waals surface area contributed by atoms with Crippen molar-refractivity contribution in [2.45, 2.75) is 28.8 Å². The van der Waals surface area contributed by atoms with Crippen LogP contribution in [0.4, 0.5) is 18.9 Å². The molecule has 2 aromatic carbocycles. The number of rotatable bonds is 2. The van der Waals surface area contributed by atoms with Crippen molar-refractivity contribution >= 4 is 40.6 Å². The highest BCUT2D eigenvalue weighted by Crippen LogP contribution is 2.68. The number of imide groups is 1. The number of nitrogens with one attached hydrogen (secondary N) is 1. The molecule has 1 saturated heterocycles. The number of benzene rings is 2. The summed E-state index contributed by atoms with van der Waals surface area (Å²) in [6.07, 6.45) is -3.71. The van der Waals surface area contributed by atoms with E-state index in [2.05, 4.69) is 4.98 Å². The van der Waals surface area contributed by atoms with E-state index in [4.69, 9.17) is 0 Å². The summed E-state index contributed by atoms with van der Waals surface area (Å²) < 4.78 is 39.7. The van der Waals surface area contributed by atoms with Crippen molar-refractivity contribution < 1.29 is 22.8 Å². The first-order chi connectivity index (χ1) is 17.2. The molecule has 3 aromatic rings. The van der Waals surface area contributed by atoms with Crippen LogP contribution in [0.15, 0.2) is 64.4 Å². The molecule has 184 valence electrons. The van der Waals surface area contributed by atoms with Gasteiger partial charge in [-0.15, -0.1) is 11.8 Å². The zero-order chi connectivity index (χ0) is 24.9. The number of fused-ring (bicyclic) bond motifs is 9. The molecule has 10 heteroatoms. The standard InChI is InChI=1S/C26H19F3N2O3S2/c27-26(28,29)12-8-6-11(7-9-12)16-17-14-10-15(20(17)35-22-21(16)36-25(34)30-22)19-18(14)23(32)31(24(19)33)13-4-2-1-3-5-13/h1-9,14-20H,10H2,(H,30,34)/t14-,15-,16-,17-,18+,19-,20-/m1/s1. The van der Waals surface area contributed by atoms with Crippen LogP contribution in [0.25, 0.3) is 0 Å². The van der Waals surface area contributed by atoms with Gasteiger partial charge in [0.2, 0.25) is 11.8 Å². The van der Waals surface area contributed by atoms with Crippen LogP contribution in [0.3, 0.4) is 0 Å². The van der Waals surface area contributed by atoms with Crippen LogP contribution in [-0.2, 0) is 15.8 Å². The second-order valence-corrected chi connectivity index (χ2v) is 12.1. The summed E-state index contributed by atoms with van der Waals surface area (Å²) in [4.78, 5) is 44.3. The number of H-pyrrole nitrogens is 1. The van der Waals surface area contributed by atoms with Crippen molar-refractivity contribution in [2.24, 2.45) is 29.6 Å². The van der Waals surface area contributed by atoms with Gasteiger partial charge >= 0.3 is 11.0 Å². The number of aromatic nitrogens is 1. The van der Waals surface area contributed by atoms with Crippen molar-refractivity contribution in [2.75, 3.05) is 4.90 Å². The average molecular weight is 529 g/mol. The Morgan fingerprint density at radius 2 is 1.56 bits per heavy atom. The van der Waals surface area contributed by atoms with Crippen LogP contribution < -0.4 is 9.77 Å². The summed E-state index contributed by atoms with van der Waals surface area (Å²) in [5.41, 5.74) is 0.550. The molecule has 2 saturated carbocycles. The topological polar surface area (TPSA) is 70.2 Å². The van der Waals surface area contributed by atoms with Crippen molar-refractivity contribution in [1.29, 1.82) is 0 Å². The number of halogens is 3. The largest absolute Gasteiger partial charge is 0.416 e. The zero-order valence-corrected chi connectivity index (χ0v) is 20.2. The molecule has 1 N–H and O–H groups in total. The summed E-state index contributed by atoms with van der Waals surface area (Å²) >= 11 is 2.65. The maximum atomic E-state index is 13.6. The van der Waals surface area contributed by atoms with E-state index in [1.807, 2.05) is 6.07 Å². The Balaban J connectivity index is 1.31. The van der Waals surface area contributed by atoms with E-state index in [1.54, 1.807) is 36.0 Å². The van der Waals surface area contributed by atoms with Gasteiger partial charge in [-0.25, -0.2) is 0 Å². The van der Waals surface area contributed by atoms with Gasteiger partial charge in [0.05, 0.1) is 28.1 Å². The second kappa shape index (κ2) is 7.58. The van der Waals surface area contributed by atoms with Crippen LogP contribution in [0.5, 0.6) is 0 Å². The molecule has 2 aliphatic heterocycles. The van der Waals surface area contributed by atoms with Crippen molar-refractivity contribution in [1.82, 2.24) is 4.98 Å². The maximum Gasteiger partial charge on any atom is 0.416 e. The predicted octanol–water partition coefficient (Wildman–Crippen LogP) is 5.13. The van der Waals surface area contributed by atoms with Crippen molar-refractivity contribution in [3.05, 3.63) is 80.3 Å². The van der Waals surface area contributed by atoms with Crippen LogP contribution in [0, 0.1) is 29.6 Å². The molecule has 7 atom stereocenters. The van der Waals surface area contributed by atoms with Crippen LogP contribution in [-0.4, -0.2) is 22.0 Å². The lowest BCUT2D eigenvalue weighted by molar-refractivity contribution is -0.137. The number of thioether (sulfide) groups is 1. The number of para-hydroxylation sites is 1. The fourth-order valence-corrected chi connectivity index (χ4v) is 9.99. The van der Waals surface area contributed by atoms with Crippen molar-refractivity contribution in [3.8, 4) is 0 Å². The predicted molar refractivity (Wildman–Crippen MR) is 129 cm³/mol. The summed E-state index contributed by atoms with van der Waals surface area (Å²) in [5.74, 6) is -1.68. The van der Waals surface area contributed by atoms with Gasteiger partial charge in [-0.3, -0.25) is 19.3 Å². The van der Waals surface area contributed by atoms with Gasteiger partial charge in [-0.1, -0.05) is 41.7 Å². The quantitative estimate of drug-likeness (QED) is 0.468. The number of nitrogens with zero attached hydrogens (tertiary/aromatic N) is 1. The first-order valence-corrected chi connectivity index (χ1v) is 13.4. The Kier molecular flexibility index (Phi) is 4.71. The molecule has 2 bridgehead atoms. The molecule has 7 rings (SSSR count). The highest BCUT2D eigenvalue weighted by atomic mass is 32.2. The molecule has 36 heavy (non-hydrogen) atoms. The lowest BCUT2D eigenvalue weighted by Gasteiger charge is -2.43. The molecule has 2 aliphatic carbocycles. The molecular weight excluding hydrogens is 509 g/mol. The highest BCUT2D eigenvalue weighted by Gasteiger charge is 2.69. The normalized spacial score (nSPS) is 32.5. The lowest BCUT2D eigenvalue weighted by Crippen LogP contribution is -2.42. The number of amides is 2. The van der Waals surface area contributed by atoms with Crippen LogP contribution in [0.2, 0.25) is 0 Å². The minimum absolute atomic E-state index is 0.00577. The molecular formula is C26H19F3N2O3S2. The van der Waals surface area contributed by atoms with Gasteiger partial charge in [0, 0.05) is 16.0 Å². The first-order valence-electron chi connectivity index (χ1n) is 11.7. The Morgan fingerprint density at radius 3 is 2.22 bits per heavy atom. The third-order valence-corrected chi connectivity index (χ3v) is 10.9. The third-order valence-electron chi connectivity index (χ3n) is 8.34. The number of thiazole rings is 1. The number of aromatic amines is 1. The van der Waals surface area contributed by atoms with Crippen molar-refractivity contribution in [3.63, 3.8) is 0 Å². The van der Waals surface area contributed by atoms with E-state index in [-0.39, 0.29) is 45.6 Å². The summed E-state index contributed by atoms with van der Waals surface area (Å²) in [5, 5.41) is 0.728. The van der Waals surface area contributed by atoms with Gasteiger partial charge in [0.1, 0.15) is 0 Å². The number of alkyl halides is 3. The lowest BCUT2D eigenvalue weighted by atomic mass is 9.68. The fraction of sp³-hybridized carbons (Fsp3) is 0.346. The highest BCUT2D eigenvalue weighted by molar-refractivity contribution is 8.00. The molecule has 0 radical (unpaired) electrons. The summed E-state index contributed by atoms with van der Waals surface area (Å²) in [6.45, 7) is 0. The molecule has 4 aliphatic rings. The summed E-state index contributed by atoms with van der Waals surface area (Å²) in [6, 6.07) is 14.1. The molecule has 5 nitrogen and oxygen atoms in total. The molecule has 1 aromatic heterocycles. The van der Waals surface area contributed by atoms with Crippen LogP contribution >= 0.6 is 23.1 Å². The summed E-state index contributed by atoms with van der Waals surface area (Å²) in [7, 11) is 0. The number of anilines is 1. The van der Waals surface area contributed by atoms with Gasteiger partial charge in [0.15, 0.2) is 0 Å². The zero-order valence-electron chi connectivity index (χ0n) is 18.6. The SMILES string of the molecule is O=C1[C@@H]2[C@H]3C[C@@H]([C@@H]2C(=O)N1c1ccccc1)[C@@H]1[C@@H](c2ccc(C(F)(F)F)cc2)c2sc(=O)[nH]c2S[C@H]31. The molecule has 3 heterocycles. The van der Waals surface area contributed by atoms with E-state index in [0.717, 1.165) is 39.8 Å². The van der Waals surface area contributed by atoms with Gasteiger partial charge in [-0.05, 0) is 54.0 Å². The fourth-order valence-electron chi connectivity index (χ4n) is 7.10. The van der Waals surface area contributed by atoms with E-state index in [0.29, 0.717) is 11.3 Å². The first kappa shape index (κ1) is 22.4. The number of hydrogen-bond acceptors (Lipinski definition) is 5. The van der Waals surface area contributed by atoms with Gasteiger partial charge in [0.25, 0.3) is 0 Å². The third kappa shape index (κ3) is 3.00. The second-order valence-electron chi connectivity index (χ2n) is 9.93. The number of hydrogen-bond donors (Lipinski definition) is 1. The monoisotopic (exact) mass is 528 g/mol. The number of carbonyl (C=O) groups is 2. The van der Waals surface area contributed by atoms with Gasteiger partial charge < -0.3 is 4.98 Å². The van der Waals surface area contributed by atoms with Gasteiger partial charge in [-0.2, -0.15) is 13.2 Å². The Bertz CT molecular complexity index is 1450. The molecule has 0 unspecified atom stereocenters. The Labute approximate surface area is 211 Å². The Hall–Kier alpha value is -2.85. The average Bonchev–Trinajstić information content (AvgIpc) is 3.58. The van der Waals surface area contributed by atoms with E-state index < -0.39 is 23.6 Å². The number of carbonyl (C=O) groups excluding carboxylic acids is 2.